The molecule has 0 unspecified atom stereocenters. The third-order valence-corrected chi connectivity index (χ3v) is 5.55. The number of esters is 4. The molecule has 0 fully saturated rings. The molecule has 0 radical (unpaired) electrons. The van der Waals surface area contributed by atoms with Gasteiger partial charge in [-0.05, 0) is 24.3 Å². The van der Waals surface area contributed by atoms with E-state index in [-0.39, 0.29) is 21.4 Å². The fourth-order valence-electron chi connectivity index (χ4n) is 3.42. The topological polar surface area (TPSA) is 163 Å². The van der Waals surface area contributed by atoms with Gasteiger partial charge in [-0.25, -0.2) is 0 Å². The van der Waals surface area contributed by atoms with Gasteiger partial charge in [-0.15, -0.1) is 0 Å². The summed E-state index contributed by atoms with van der Waals surface area (Å²) in [5.41, 5.74) is 0.204. The van der Waals surface area contributed by atoms with Crippen molar-refractivity contribution in [3.05, 3.63) is 58.6 Å². The molecule has 0 aliphatic rings. The Morgan fingerprint density at radius 1 is 0.550 bits per heavy atom. The van der Waals surface area contributed by atoms with E-state index in [0.29, 0.717) is 0 Å². The van der Waals surface area contributed by atoms with Gasteiger partial charge < -0.3 is 29.6 Å². The lowest BCUT2D eigenvalue weighted by Crippen LogP contribution is -2.57. The minimum absolute atomic E-state index is 0.102. The molecule has 2 rings (SSSR count). The summed E-state index contributed by atoms with van der Waals surface area (Å²) in [7, 11) is 0. The van der Waals surface area contributed by atoms with Crippen LogP contribution in [0.1, 0.15) is 27.7 Å². The van der Waals surface area contributed by atoms with Crippen LogP contribution in [0, 0.1) is 0 Å². The van der Waals surface area contributed by atoms with Gasteiger partial charge in [0.2, 0.25) is 12.2 Å². The van der Waals surface area contributed by atoms with Crippen molar-refractivity contribution < 1.29 is 47.7 Å². The molecule has 0 saturated heterocycles. The van der Waals surface area contributed by atoms with Gasteiger partial charge >= 0.3 is 23.9 Å². The zero-order valence-electron chi connectivity index (χ0n) is 21.8. The van der Waals surface area contributed by atoms with Crippen molar-refractivity contribution in [2.45, 2.75) is 52.1 Å². The van der Waals surface area contributed by atoms with Gasteiger partial charge in [0.15, 0.2) is 12.2 Å². The molecule has 0 aliphatic carbocycles. The van der Waals surface area contributed by atoms with Gasteiger partial charge in [0.05, 0.1) is 21.4 Å². The predicted octanol–water partition coefficient (Wildman–Crippen LogP) is 3.30. The zero-order valence-corrected chi connectivity index (χ0v) is 23.3. The summed E-state index contributed by atoms with van der Waals surface area (Å²) < 4.78 is 20.9. The number of ether oxygens (including phenoxy) is 4. The maximum Gasteiger partial charge on any atom is 0.303 e. The number of benzene rings is 2. The molecule has 0 saturated carbocycles. The van der Waals surface area contributed by atoms with Crippen molar-refractivity contribution in [2.24, 2.45) is 0 Å². The maximum absolute atomic E-state index is 13.4. The Labute approximate surface area is 239 Å². The maximum atomic E-state index is 13.4. The molecule has 0 aromatic heterocycles. The molecule has 0 bridgehead atoms. The summed E-state index contributed by atoms with van der Waals surface area (Å²) >= 11 is 12.2. The molecule has 12 nitrogen and oxygen atoms in total. The van der Waals surface area contributed by atoms with E-state index in [0.717, 1.165) is 27.7 Å². The number of nitrogens with one attached hydrogen (secondary N) is 2. The van der Waals surface area contributed by atoms with Crippen molar-refractivity contribution in [2.75, 3.05) is 10.6 Å². The highest BCUT2D eigenvalue weighted by atomic mass is 35.5. The molecule has 2 amide bonds. The highest BCUT2D eigenvalue weighted by Gasteiger charge is 2.49. The number of halogens is 2. The standard InChI is InChI=1S/C26H26Cl2N2O10/c1-13(31)37-21(23(39-15(3)33)25(35)29-19-11-7-5-9-17(19)27)22(38-14(2)32)24(40-16(4)34)26(36)30-20-12-8-6-10-18(20)28/h5-12,21-24H,1-4H3,(H,29,35)(H,30,36)/t21-,22-,23-,24-/m0/s1. The second-order valence-electron chi connectivity index (χ2n) is 8.15. The summed E-state index contributed by atoms with van der Waals surface area (Å²) in [6.45, 7) is 3.85. The molecule has 2 aromatic rings. The van der Waals surface area contributed by atoms with Crippen molar-refractivity contribution >= 4 is 70.3 Å². The number of hydrogen-bond donors (Lipinski definition) is 2. The Bertz CT molecular complexity index is 1190. The third kappa shape index (κ3) is 9.54. The fourth-order valence-corrected chi connectivity index (χ4v) is 3.78. The highest BCUT2D eigenvalue weighted by Crippen LogP contribution is 2.26. The SMILES string of the molecule is CC(=O)O[C@@H]([C@H](OC(C)=O)[C@H](OC(C)=O)C(=O)Nc1ccccc1Cl)[C@H](OC(C)=O)C(=O)Nc1ccccc1Cl. The average Bonchev–Trinajstić information content (AvgIpc) is 2.85. The summed E-state index contributed by atoms with van der Waals surface area (Å²) in [6.07, 6.45) is -8.02. The van der Waals surface area contributed by atoms with Crippen LogP contribution in [-0.2, 0) is 47.7 Å². The second kappa shape index (κ2) is 14.8. The number of hydrogen-bond acceptors (Lipinski definition) is 10. The van der Waals surface area contributed by atoms with E-state index in [1.165, 1.54) is 24.3 Å². The first-order valence-corrected chi connectivity index (χ1v) is 12.3. The van der Waals surface area contributed by atoms with Crippen molar-refractivity contribution in [3.63, 3.8) is 0 Å². The molecular formula is C26H26Cl2N2O10. The molecule has 40 heavy (non-hydrogen) atoms. The average molecular weight is 597 g/mol. The number of rotatable bonds is 11. The molecule has 2 N–H and O–H groups in total. The normalized spacial score (nSPS) is 13.4. The van der Waals surface area contributed by atoms with E-state index in [2.05, 4.69) is 10.6 Å². The molecule has 4 atom stereocenters. The lowest BCUT2D eigenvalue weighted by Gasteiger charge is -2.34. The van der Waals surface area contributed by atoms with Gasteiger partial charge in [-0.2, -0.15) is 0 Å². The van der Waals surface area contributed by atoms with Crippen LogP contribution in [0.2, 0.25) is 10.0 Å². The molecule has 2 aromatic carbocycles. The first-order valence-electron chi connectivity index (χ1n) is 11.6. The summed E-state index contributed by atoms with van der Waals surface area (Å²) in [5.74, 6) is -6.17. The molecule has 0 aliphatic heterocycles. The van der Waals surface area contributed by atoms with Gasteiger partial charge in [0.1, 0.15) is 0 Å². The lowest BCUT2D eigenvalue weighted by molar-refractivity contribution is -0.198. The smallest absolute Gasteiger partial charge is 0.303 e. The Hall–Kier alpha value is -4.16. The minimum atomic E-state index is -2.02. The number of carbonyl (C=O) groups excluding carboxylic acids is 6. The van der Waals surface area contributed by atoms with Gasteiger partial charge in [0, 0.05) is 27.7 Å². The van der Waals surface area contributed by atoms with Crippen LogP contribution >= 0.6 is 23.2 Å². The van der Waals surface area contributed by atoms with Crippen molar-refractivity contribution in [1.29, 1.82) is 0 Å². The van der Waals surface area contributed by atoms with Gasteiger partial charge in [-0.3, -0.25) is 28.8 Å². The van der Waals surface area contributed by atoms with E-state index in [4.69, 9.17) is 42.1 Å². The largest absolute Gasteiger partial charge is 0.454 e. The van der Waals surface area contributed by atoms with E-state index in [1.807, 2.05) is 0 Å². The van der Waals surface area contributed by atoms with Gasteiger partial charge in [0.25, 0.3) is 11.8 Å². The lowest BCUT2D eigenvalue weighted by atomic mass is 10.00. The molecule has 14 heteroatoms. The Balaban J connectivity index is 2.62. The Morgan fingerprint density at radius 2 is 0.850 bits per heavy atom. The Morgan fingerprint density at radius 3 is 1.12 bits per heavy atom. The number of carbonyl (C=O) groups is 6. The van der Waals surface area contributed by atoms with E-state index in [1.54, 1.807) is 24.3 Å². The summed E-state index contributed by atoms with van der Waals surface area (Å²) in [6, 6.07) is 12.1. The third-order valence-electron chi connectivity index (χ3n) is 4.89. The van der Waals surface area contributed by atoms with E-state index >= 15 is 0 Å². The summed E-state index contributed by atoms with van der Waals surface area (Å²) in [5, 5.41) is 5.10. The molecule has 214 valence electrons. The van der Waals surface area contributed by atoms with Crippen molar-refractivity contribution in [3.8, 4) is 0 Å². The van der Waals surface area contributed by atoms with Crippen LogP contribution in [-0.4, -0.2) is 60.1 Å². The van der Waals surface area contributed by atoms with Crippen LogP contribution in [0.25, 0.3) is 0 Å². The first-order chi connectivity index (χ1) is 18.8. The number of anilines is 2. The minimum Gasteiger partial charge on any atom is -0.454 e. The molecular weight excluding hydrogens is 571 g/mol. The fraction of sp³-hybridized carbons (Fsp3) is 0.308. The predicted molar refractivity (Wildman–Crippen MR) is 142 cm³/mol. The highest BCUT2D eigenvalue weighted by molar-refractivity contribution is 6.34. The van der Waals surface area contributed by atoms with Crippen LogP contribution in [0.4, 0.5) is 11.4 Å². The Kier molecular flexibility index (Phi) is 11.9. The quantitative estimate of drug-likeness (QED) is 0.290. The van der Waals surface area contributed by atoms with E-state index < -0.39 is 60.1 Å². The van der Waals surface area contributed by atoms with Crippen LogP contribution in [0.3, 0.4) is 0 Å². The number of amides is 2. The zero-order chi connectivity index (χ0) is 30.0. The summed E-state index contributed by atoms with van der Waals surface area (Å²) in [4.78, 5) is 75.0. The number of para-hydroxylation sites is 2. The van der Waals surface area contributed by atoms with Crippen LogP contribution < -0.4 is 10.6 Å². The first kappa shape index (κ1) is 32.1. The van der Waals surface area contributed by atoms with E-state index in [9.17, 15) is 28.8 Å². The second-order valence-corrected chi connectivity index (χ2v) is 8.96. The van der Waals surface area contributed by atoms with Gasteiger partial charge in [-0.1, -0.05) is 47.5 Å². The van der Waals surface area contributed by atoms with Crippen LogP contribution in [0.15, 0.2) is 48.5 Å². The molecule has 0 spiro atoms. The van der Waals surface area contributed by atoms with Crippen molar-refractivity contribution in [1.82, 2.24) is 0 Å². The molecule has 0 heterocycles. The van der Waals surface area contributed by atoms with Crippen LogP contribution in [0.5, 0.6) is 0 Å². The monoisotopic (exact) mass is 596 g/mol.